The van der Waals surface area contributed by atoms with Crippen LogP contribution in [0.5, 0.6) is 0 Å². The van der Waals surface area contributed by atoms with E-state index in [0.717, 1.165) is 0 Å². The van der Waals surface area contributed by atoms with Crippen LogP contribution in [0.1, 0.15) is 23.0 Å². The van der Waals surface area contributed by atoms with Crippen molar-refractivity contribution in [3.05, 3.63) is 28.1 Å². The molecule has 0 saturated carbocycles. The fourth-order valence-electron chi connectivity index (χ4n) is 1.38. The standard InChI is InChI=1S/C10H7BrN4O2/c1-2-17-10(16)7-3-4-13-9-6(5-12)8(11)14-15(7)9/h3-4H,2H2,1H3. The molecule has 2 rings (SSSR count). The molecule has 0 atom stereocenters. The van der Waals surface area contributed by atoms with Gasteiger partial charge in [0.2, 0.25) is 0 Å². The number of esters is 1. The van der Waals surface area contributed by atoms with Crippen LogP contribution in [0.3, 0.4) is 0 Å². The zero-order valence-electron chi connectivity index (χ0n) is 8.85. The third-order valence-electron chi connectivity index (χ3n) is 2.07. The van der Waals surface area contributed by atoms with Gasteiger partial charge in [0.25, 0.3) is 0 Å². The minimum Gasteiger partial charge on any atom is -0.461 e. The van der Waals surface area contributed by atoms with Crippen molar-refractivity contribution in [1.29, 1.82) is 5.26 Å². The van der Waals surface area contributed by atoms with E-state index in [1.165, 1.54) is 16.8 Å². The monoisotopic (exact) mass is 294 g/mol. The van der Waals surface area contributed by atoms with Crippen molar-refractivity contribution >= 4 is 27.5 Å². The zero-order valence-corrected chi connectivity index (χ0v) is 10.4. The van der Waals surface area contributed by atoms with E-state index in [1.807, 2.05) is 6.07 Å². The third-order valence-corrected chi connectivity index (χ3v) is 2.63. The van der Waals surface area contributed by atoms with Crippen molar-refractivity contribution < 1.29 is 9.53 Å². The molecule has 0 radical (unpaired) electrons. The highest BCUT2D eigenvalue weighted by molar-refractivity contribution is 9.10. The van der Waals surface area contributed by atoms with Crippen LogP contribution in [0, 0.1) is 11.3 Å². The molecule has 0 saturated heterocycles. The fraction of sp³-hybridized carbons (Fsp3) is 0.200. The summed E-state index contributed by atoms with van der Waals surface area (Å²) in [6.45, 7) is 1.99. The van der Waals surface area contributed by atoms with Gasteiger partial charge in [0.05, 0.1) is 6.61 Å². The molecule has 2 aromatic heterocycles. The van der Waals surface area contributed by atoms with E-state index in [2.05, 4.69) is 26.0 Å². The number of aromatic nitrogens is 3. The van der Waals surface area contributed by atoms with Crippen LogP contribution in [0.4, 0.5) is 0 Å². The molecular weight excluding hydrogens is 288 g/mol. The molecule has 0 unspecified atom stereocenters. The minimum atomic E-state index is -0.501. The summed E-state index contributed by atoms with van der Waals surface area (Å²) in [6, 6.07) is 3.46. The van der Waals surface area contributed by atoms with Crippen molar-refractivity contribution in [3.63, 3.8) is 0 Å². The number of nitrogens with zero attached hydrogens (tertiary/aromatic N) is 4. The second-order valence-corrected chi connectivity index (χ2v) is 3.81. The summed E-state index contributed by atoms with van der Waals surface area (Å²) in [5, 5.41) is 13.0. The largest absolute Gasteiger partial charge is 0.461 e. The molecule has 0 aliphatic carbocycles. The molecule has 2 aromatic rings. The number of carbonyl (C=O) groups excluding carboxylic acids is 1. The Kier molecular flexibility index (Phi) is 3.06. The molecular formula is C10H7BrN4O2. The summed E-state index contributed by atoms with van der Waals surface area (Å²) in [5.41, 5.74) is 0.847. The van der Waals surface area contributed by atoms with E-state index in [0.29, 0.717) is 10.3 Å². The predicted octanol–water partition coefficient (Wildman–Crippen LogP) is 1.54. The maximum absolute atomic E-state index is 11.7. The molecule has 17 heavy (non-hydrogen) atoms. The molecule has 2 heterocycles. The molecule has 7 heteroatoms. The molecule has 86 valence electrons. The van der Waals surface area contributed by atoms with Crippen LogP contribution in [0.25, 0.3) is 5.65 Å². The Labute approximate surface area is 105 Å². The quantitative estimate of drug-likeness (QED) is 0.785. The van der Waals surface area contributed by atoms with Gasteiger partial charge in [-0.25, -0.2) is 14.3 Å². The highest BCUT2D eigenvalue weighted by Crippen LogP contribution is 2.19. The number of nitriles is 1. The SMILES string of the molecule is CCOC(=O)c1ccnc2c(C#N)c(Br)nn12. The molecule has 0 aliphatic rings. The number of fused-ring (bicyclic) bond motifs is 1. The van der Waals surface area contributed by atoms with Crippen LogP contribution in [0.2, 0.25) is 0 Å². The van der Waals surface area contributed by atoms with E-state index >= 15 is 0 Å². The Morgan fingerprint density at radius 1 is 1.71 bits per heavy atom. The van der Waals surface area contributed by atoms with Crippen molar-refractivity contribution in [2.75, 3.05) is 6.61 Å². The first-order valence-electron chi connectivity index (χ1n) is 4.79. The summed E-state index contributed by atoms with van der Waals surface area (Å²) in [6.07, 6.45) is 1.44. The van der Waals surface area contributed by atoms with E-state index in [1.54, 1.807) is 6.92 Å². The second kappa shape index (κ2) is 4.51. The van der Waals surface area contributed by atoms with Crippen LogP contribution in [-0.4, -0.2) is 27.2 Å². The Balaban J connectivity index is 2.67. The zero-order chi connectivity index (χ0) is 12.4. The molecule has 0 aromatic carbocycles. The van der Waals surface area contributed by atoms with Gasteiger partial charge in [-0.1, -0.05) is 0 Å². The smallest absolute Gasteiger partial charge is 0.357 e. The van der Waals surface area contributed by atoms with Gasteiger partial charge in [-0.15, -0.1) is 0 Å². The van der Waals surface area contributed by atoms with E-state index in [9.17, 15) is 4.79 Å². The molecule has 0 amide bonds. The maximum Gasteiger partial charge on any atom is 0.357 e. The molecule has 0 bridgehead atoms. The highest BCUT2D eigenvalue weighted by atomic mass is 79.9. The number of hydrogen-bond donors (Lipinski definition) is 0. The number of hydrogen-bond acceptors (Lipinski definition) is 5. The highest BCUT2D eigenvalue weighted by Gasteiger charge is 2.17. The first-order valence-corrected chi connectivity index (χ1v) is 5.58. The van der Waals surface area contributed by atoms with Gasteiger partial charge in [-0.05, 0) is 28.9 Å². The molecule has 6 nitrogen and oxygen atoms in total. The van der Waals surface area contributed by atoms with Gasteiger partial charge in [0, 0.05) is 6.20 Å². The van der Waals surface area contributed by atoms with E-state index < -0.39 is 5.97 Å². The van der Waals surface area contributed by atoms with Crippen molar-refractivity contribution in [2.45, 2.75) is 6.92 Å². The Hall–Kier alpha value is -1.94. The fourth-order valence-corrected chi connectivity index (χ4v) is 1.80. The number of carbonyl (C=O) groups is 1. The molecule has 0 fully saturated rings. The van der Waals surface area contributed by atoms with Gasteiger partial charge < -0.3 is 4.74 Å². The van der Waals surface area contributed by atoms with Crippen LogP contribution >= 0.6 is 15.9 Å². The molecule has 0 spiro atoms. The Morgan fingerprint density at radius 2 is 2.47 bits per heavy atom. The van der Waals surface area contributed by atoms with Gasteiger partial charge in [-0.2, -0.15) is 10.4 Å². The summed E-state index contributed by atoms with van der Waals surface area (Å²) in [5.74, 6) is -0.501. The second-order valence-electron chi connectivity index (χ2n) is 3.06. The topological polar surface area (TPSA) is 80.3 Å². The van der Waals surface area contributed by atoms with Gasteiger partial charge in [0.1, 0.15) is 16.2 Å². The lowest BCUT2D eigenvalue weighted by Gasteiger charge is -2.02. The lowest BCUT2D eigenvalue weighted by Crippen LogP contribution is -2.11. The van der Waals surface area contributed by atoms with E-state index in [-0.39, 0.29) is 17.9 Å². The summed E-state index contributed by atoms with van der Waals surface area (Å²) in [7, 11) is 0. The number of ether oxygens (including phenoxy) is 1. The average molecular weight is 295 g/mol. The Bertz CT molecular complexity index is 629. The first kappa shape index (κ1) is 11.5. The Morgan fingerprint density at radius 3 is 3.12 bits per heavy atom. The normalized spacial score (nSPS) is 10.2. The summed E-state index contributed by atoms with van der Waals surface area (Å²) in [4.78, 5) is 15.7. The van der Waals surface area contributed by atoms with Crippen LogP contribution in [0.15, 0.2) is 16.9 Å². The third kappa shape index (κ3) is 1.87. The predicted molar refractivity (Wildman–Crippen MR) is 61.4 cm³/mol. The first-order chi connectivity index (χ1) is 8.19. The van der Waals surface area contributed by atoms with Gasteiger partial charge >= 0.3 is 5.97 Å². The maximum atomic E-state index is 11.7. The average Bonchev–Trinajstić information content (AvgIpc) is 2.64. The van der Waals surface area contributed by atoms with Crippen LogP contribution in [-0.2, 0) is 4.74 Å². The number of halogens is 1. The lowest BCUT2D eigenvalue weighted by molar-refractivity contribution is 0.0516. The minimum absolute atomic E-state index is 0.235. The molecule has 0 N–H and O–H groups in total. The van der Waals surface area contributed by atoms with Crippen molar-refractivity contribution in [2.24, 2.45) is 0 Å². The van der Waals surface area contributed by atoms with Gasteiger partial charge in [-0.3, -0.25) is 0 Å². The number of rotatable bonds is 2. The van der Waals surface area contributed by atoms with Gasteiger partial charge in [0.15, 0.2) is 11.3 Å². The summed E-state index contributed by atoms with van der Waals surface area (Å²) < 4.78 is 6.54. The van der Waals surface area contributed by atoms with E-state index in [4.69, 9.17) is 10.00 Å². The van der Waals surface area contributed by atoms with Crippen LogP contribution < -0.4 is 0 Å². The lowest BCUT2D eigenvalue weighted by atomic mass is 10.3. The molecule has 0 aliphatic heterocycles. The van der Waals surface area contributed by atoms with Crippen molar-refractivity contribution in [1.82, 2.24) is 14.6 Å². The summed E-state index contributed by atoms with van der Waals surface area (Å²) >= 11 is 3.15. The van der Waals surface area contributed by atoms with Crippen molar-refractivity contribution in [3.8, 4) is 6.07 Å².